The fourth-order valence-electron chi connectivity index (χ4n) is 4.80. The van der Waals surface area contributed by atoms with Crippen LogP contribution in [-0.4, -0.2) is 72.2 Å². The van der Waals surface area contributed by atoms with Gasteiger partial charge in [0.25, 0.3) is 0 Å². The van der Waals surface area contributed by atoms with Gasteiger partial charge >= 0.3 is 0 Å². The van der Waals surface area contributed by atoms with Crippen molar-refractivity contribution in [3.8, 4) is 6.07 Å². The van der Waals surface area contributed by atoms with Crippen LogP contribution in [0.2, 0.25) is 0 Å². The van der Waals surface area contributed by atoms with Gasteiger partial charge in [-0.05, 0) is 37.3 Å². The van der Waals surface area contributed by atoms with Crippen LogP contribution in [0.5, 0.6) is 0 Å². The molecule has 2 aliphatic heterocycles. The molecule has 2 aliphatic rings. The average molecular weight is 414 g/mol. The zero-order valence-electron chi connectivity index (χ0n) is 18.6. The molecule has 0 spiro atoms. The van der Waals surface area contributed by atoms with Crippen molar-refractivity contribution in [2.24, 2.45) is 11.8 Å². The van der Waals surface area contributed by atoms with Crippen LogP contribution in [0.25, 0.3) is 0 Å². The molecule has 1 amide bonds. The van der Waals surface area contributed by atoms with Crippen molar-refractivity contribution in [1.29, 1.82) is 5.26 Å². The molecule has 0 saturated carbocycles. The molecule has 164 valence electrons. The number of ether oxygens (including phenoxy) is 1. The highest BCUT2D eigenvalue weighted by Crippen LogP contribution is 2.35. The maximum absolute atomic E-state index is 12.9. The van der Waals surface area contributed by atoms with E-state index in [1.165, 1.54) is 0 Å². The molecule has 1 atom stereocenters. The lowest BCUT2D eigenvalue weighted by atomic mass is 9.79. The summed E-state index contributed by atoms with van der Waals surface area (Å²) >= 11 is 0. The first kappa shape index (κ1) is 22.7. The molecule has 0 bridgehead atoms. The van der Waals surface area contributed by atoms with Crippen LogP contribution in [0, 0.1) is 23.2 Å². The number of pyridine rings is 1. The summed E-state index contributed by atoms with van der Waals surface area (Å²) < 4.78 is 5.67. The number of nitrogens with zero attached hydrogens (tertiary/aromatic N) is 4. The smallest absolute Gasteiger partial charge is 0.228 e. The minimum absolute atomic E-state index is 0.0147. The number of rotatable bonds is 7. The maximum atomic E-state index is 12.9. The second kappa shape index (κ2) is 10.3. The van der Waals surface area contributed by atoms with E-state index < -0.39 is 0 Å². The molecular weight excluding hydrogens is 378 g/mol. The average Bonchev–Trinajstić information content (AvgIpc) is 2.74. The number of hydrogen-bond donors (Lipinski definition) is 1. The second-order valence-electron chi connectivity index (χ2n) is 9.13. The monoisotopic (exact) mass is 413 g/mol. The molecule has 1 aromatic heterocycles. The lowest BCUT2D eigenvalue weighted by molar-refractivity contribution is -0.122. The van der Waals surface area contributed by atoms with Gasteiger partial charge in [0.05, 0.1) is 0 Å². The topological polar surface area (TPSA) is 81.5 Å². The fourth-order valence-corrected chi connectivity index (χ4v) is 4.80. The molecule has 0 radical (unpaired) electrons. The van der Waals surface area contributed by atoms with Crippen LogP contribution >= 0.6 is 0 Å². The van der Waals surface area contributed by atoms with E-state index in [0.717, 1.165) is 65.2 Å². The van der Waals surface area contributed by atoms with E-state index in [-0.39, 0.29) is 17.4 Å². The van der Waals surface area contributed by atoms with Crippen molar-refractivity contribution in [2.75, 3.05) is 51.3 Å². The SMILES string of the molecule is CC(C)CN1CCN(C2(CC(C)C(=O)Nc3cccc(C#N)n3)CCOCC2)CC1. The van der Waals surface area contributed by atoms with Gasteiger partial charge in [-0.1, -0.05) is 26.8 Å². The number of amides is 1. The summed E-state index contributed by atoms with van der Waals surface area (Å²) in [5.74, 6) is 0.936. The zero-order valence-corrected chi connectivity index (χ0v) is 18.6. The Morgan fingerprint density at radius 3 is 2.57 bits per heavy atom. The molecule has 30 heavy (non-hydrogen) atoms. The molecule has 1 unspecified atom stereocenters. The van der Waals surface area contributed by atoms with Crippen molar-refractivity contribution < 1.29 is 9.53 Å². The lowest BCUT2D eigenvalue weighted by Gasteiger charge is -2.50. The Labute approximate surface area is 180 Å². The summed E-state index contributed by atoms with van der Waals surface area (Å²) in [4.78, 5) is 22.2. The fraction of sp³-hybridized carbons (Fsp3) is 0.696. The first-order valence-electron chi connectivity index (χ1n) is 11.1. The number of piperazine rings is 1. The van der Waals surface area contributed by atoms with Gasteiger partial charge in [-0.15, -0.1) is 0 Å². The molecule has 1 N–H and O–H groups in total. The van der Waals surface area contributed by atoms with Gasteiger partial charge in [0.2, 0.25) is 5.91 Å². The van der Waals surface area contributed by atoms with E-state index >= 15 is 0 Å². The predicted molar refractivity (Wildman–Crippen MR) is 117 cm³/mol. The van der Waals surface area contributed by atoms with Gasteiger partial charge in [0.15, 0.2) is 0 Å². The quantitative estimate of drug-likeness (QED) is 0.740. The predicted octanol–water partition coefficient (Wildman–Crippen LogP) is 2.74. The number of anilines is 1. The lowest BCUT2D eigenvalue weighted by Crippen LogP contribution is -2.60. The molecule has 7 nitrogen and oxygen atoms in total. The molecule has 3 rings (SSSR count). The largest absolute Gasteiger partial charge is 0.381 e. The Kier molecular flexibility index (Phi) is 7.81. The number of carbonyl (C=O) groups is 1. The van der Waals surface area contributed by atoms with E-state index in [1.54, 1.807) is 18.2 Å². The first-order chi connectivity index (χ1) is 14.4. The third kappa shape index (κ3) is 5.78. The van der Waals surface area contributed by atoms with Gasteiger partial charge in [-0.3, -0.25) is 9.69 Å². The Balaban J connectivity index is 1.64. The van der Waals surface area contributed by atoms with E-state index in [1.807, 2.05) is 13.0 Å². The molecule has 2 saturated heterocycles. The summed E-state index contributed by atoms with van der Waals surface area (Å²) in [7, 11) is 0. The van der Waals surface area contributed by atoms with Crippen LogP contribution in [0.3, 0.4) is 0 Å². The van der Waals surface area contributed by atoms with Crippen molar-refractivity contribution in [3.63, 3.8) is 0 Å². The normalized spacial score (nSPS) is 21.2. The van der Waals surface area contributed by atoms with Crippen LogP contribution in [0.4, 0.5) is 5.82 Å². The van der Waals surface area contributed by atoms with Crippen molar-refractivity contribution >= 4 is 11.7 Å². The number of nitrogens with one attached hydrogen (secondary N) is 1. The standard InChI is InChI=1S/C23H35N5O2/c1-18(2)17-27-9-11-28(12-10-27)23(7-13-30-14-8-23)15-19(3)22(29)26-21-6-4-5-20(16-24)25-21/h4-6,18-19H,7-15,17H2,1-3H3,(H,25,26,29). The van der Waals surface area contributed by atoms with E-state index in [4.69, 9.17) is 10.00 Å². The molecule has 0 aliphatic carbocycles. The molecule has 0 aromatic carbocycles. The van der Waals surface area contributed by atoms with E-state index in [2.05, 4.69) is 33.9 Å². The minimum atomic E-state index is -0.149. The number of aromatic nitrogens is 1. The van der Waals surface area contributed by atoms with Gasteiger partial charge in [0.1, 0.15) is 17.6 Å². The molecule has 7 heteroatoms. The molecule has 2 fully saturated rings. The maximum Gasteiger partial charge on any atom is 0.228 e. The summed E-state index contributed by atoms with van der Waals surface area (Å²) in [6.45, 7) is 13.5. The van der Waals surface area contributed by atoms with Crippen LogP contribution in [0.15, 0.2) is 18.2 Å². The highest BCUT2D eigenvalue weighted by Gasteiger charge is 2.41. The van der Waals surface area contributed by atoms with Crippen LogP contribution in [0.1, 0.15) is 45.7 Å². The Hall–Kier alpha value is -2.01. The van der Waals surface area contributed by atoms with E-state index in [9.17, 15) is 4.79 Å². The number of hydrogen-bond acceptors (Lipinski definition) is 6. The summed E-state index contributed by atoms with van der Waals surface area (Å²) in [6.07, 6.45) is 2.75. The van der Waals surface area contributed by atoms with E-state index in [0.29, 0.717) is 17.4 Å². The van der Waals surface area contributed by atoms with Gasteiger partial charge < -0.3 is 15.0 Å². The van der Waals surface area contributed by atoms with Crippen molar-refractivity contribution in [1.82, 2.24) is 14.8 Å². The minimum Gasteiger partial charge on any atom is -0.381 e. The highest BCUT2D eigenvalue weighted by molar-refractivity contribution is 5.91. The van der Waals surface area contributed by atoms with Gasteiger partial charge in [0, 0.05) is 57.4 Å². The first-order valence-corrected chi connectivity index (χ1v) is 11.1. The van der Waals surface area contributed by atoms with Gasteiger partial charge in [-0.2, -0.15) is 5.26 Å². The van der Waals surface area contributed by atoms with Crippen LogP contribution < -0.4 is 5.32 Å². The second-order valence-corrected chi connectivity index (χ2v) is 9.13. The summed E-state index contributed by atoms with van der Waals surface area (Å²) in [5, 5.41) is 11.9. The molecular formula is C23H35N5O2. The highest BCUT2D eigenvalue weighted by atomic mass is 16.5. The third-order valence-corrected chi connectivity index (χ3v) is 6.34. The van der Waals surface area contributed by atoms with Crippen molar-refractivity contribution in [3.05, 3.63) is 23.9 Å². The summed E-state index contributed by atoms with van der Waals surface area (Å²) in [6, 6.07) is 7.11. The zero-order chi connectivity index (χ0) is 21.6. The molecule has 3 heterocycles. The Bertz CT molecular complexity index is 746. The number of carbonyl (C=O) groups excluding carboxylic acids is 1. The van der Waals surface area contributed by atoms with Gasteiger partial charge in [-0.25, -0.2) is 4.98 Å². The number of nitriles is 1. The summed E-state index contributed by atoms with van der Waals surface area (Å²) in [5.41, 5.74) is 0.321. The molecule has 1 aromatic rings. The Morgan fingerprint density at radius 2 is 1.93 bits per heavy atom. The Morgan fingerprint density at radius 1 is 1.23 bits per heavy atom. The van der Waals surface area contributed by atoms with Crippen molar-refractivity contribution in [2.45, 2.75) is 45.6 Å². The van der Waals surface area contributed by atoms with Crippen LogP contribution in [-0.2, 0) is 9.53 Å². The third-order valence-electron chi connectivity index (χ3n) is 6.34.